The Labute approximate surface area is 120 Å². The topological polar surface area (TPSA) is 55.0 Å². The first-order valence-corrected chi connectivity index (χ1v) is 6.94. The lowest BCUT2D eigenvalue weighted by Crippen LogP contribution is -2.16. The largest absolute Gasteiger partial charge is 0.383 e. The van der Waals surface area contributed by atoms with Crippen molar-refractivity contribution >= 4 is 17.3 Å². The van der Waals surface area contributed by atoms with Crippen LogP contribution in [-0.4, -0.2) is 17.0 Å². The Morgan fingerprint density at radius 2 is 1.75 bits per heavy atom. The minimum Gasteiger partial charge on any atom is -0.383 e. The second kappa shape index (κ2) is 5.90. The van der Waals surface area contributed by atoms with Crippen molar-refractivity contribution in [2.75, 3.05) is 17.7 Å². The maximum atomic E-state index is 6.01. The standard InChI is InChI=1S/C16H22N4/c1-5-6-14-15(17)18-10-19-16(14)20(4)13-8-11(2)7-12(3)9-13/h7-10H,5-6H2,1-4H3,(H2,17,18,19). The lowest BCUT2D eigenvalue weighted by molar-refractivity contribution is 0.896. The van der Waals surface area contributed by atoms with E-state index in [0.29, 0.717) is 5.82 Å². The third-order valence-corrected chi connectivity index (χ3v) is 3.37. The second-order valence-electron chi connectivity index (χ2n) is 5.22. The van der Waals surface area contributed by atoms with Crippen LogP contribution in [0.15, 0.2) is 24.5 Å². The van der Waals surface area contributed by atoms with Crippen LogP contribution in [0.1, 0.15) is 30.0 Å². The molecule has 2 N–H and O–H groups in total. The average molecular weight is 270 g/mol. The number of hydrogen-bond donors (Lipinski definition) is 1. The van der Waals surface area contributed by atoms with Crippen molar-refractivity contribution in [1.29, 1.82) is 0 Å². The number of nitrogens with zero attached hydrogens (tertiary/aromatic N) is 3. The molecular weight excluding hydrogens is 248 g/mol. The van der Waals surface area contributed by atoms with Crippen LogP contribution < -0.4 is 10.6 Å². The quantitative estimate of drug-likeness (QED) is 0.925. The van der Waals surface area contributed by atoms with Crippen LogP contribution >= 0.6 is 0 Å². The molecule has 2 rings (SSSR count). The summed E-state index contributed by atoms with van der Waals surface area (Å²) in [6.45, 7) is 6.34. The first-order valence-electron chi connectivity index (χ1n) is 6.94. The molecule has 4 nitrogen and oxygen atoms in total. The van der Waals surface area contributed by atoms with Crippen molar-refractivity contribution in [3.8, 4) is 0 Å². The highest BCUT2D eigenvalue weighted by Gasteiger charge is 2.14. The maximum absolute atomic E-state index is 6.01. The molecule has 0 atom stereocenters. The van der Waals surface area contributed by atoms with E-state index in [1.807, 2.05) is 7.05 Å². The van der Waals surface area contributed by atoms with Crippen molar-refractivity contribution in [3.63, 3.8) is 0 Å². The zero-order valence-electron chi connectivity index (χ0n) is 12.6. The molecule has 0 saturated carbocycles. The molecule has 0 amide bonds. The third kappa shape index (κ3) is 2.90. The third-order valence-electron chi connectivity index (χ3n) is 3.37. The monoisotopic (exact) mass is 270 g/mol. The van der Waals surface area contributed by atoms with Crippen LogP contribution in [0.2, 0.25) is 0 Å². The summed E-state index contributed by atoms with van der Waals surface area (Å²) in [6.07, 6.45) is 3.44. The molecule has 0 fully saturated rings. The molecule has 0 radical (unpaired) electrons. The Kier molecular flexibility index (Phi) is 4.23. The summed E-state index contributed by atoms with van der Waals surface area (Å²) in [6, 6.07) is 6.47. The molecule has 106 valence electrons. The van der Waals surface area contributed by atoms with Crippen LogP contribution in [0.4, 0.5) is 17.3 Å². The van der Waals surface area contributed by atoms with E-state index in [4.69, 9.17) is 5.73 Å². The van der Waals surface area contributed by atoms with Crippen molar-refractivity contribution in [2.24, 2.45) is 0 Å². The molecule has 0 bridgehead atoms. The first kappa shape index (κ1) is 14.3. The first-order chi connectivity index (χ1) is 9.52. The molecule has 1 aromatic heterocycles. The van der Waals surface area contributed by atoms with Crippen LogP contribution in [0, 0.1) is 13.8 Å². The Morgan fingerprint density at radius 3 is 2.35 bits per heavy atom. The second-order valence-corrected chi connectivity index (χ2v) is 5.22. The number of aromatic nitrogens is 2. The van der Waals surface area contributed by atoms with Crippen molar-refractivity contribution in [1.82, 2.24) is 9.97 Å². The van der Waals surface area contributed by atoms with Crippen LogP contribution in [0.5, 0.6) is 0 Å². The SMILES string of the molecule is CCCc1c(N)ncnc1N(C)c1cc(C)cc(C)c1. The van der Waals surface area contributed by atoms with E-state index in [2.05, 4.69) is 53.8 Å². The van der Waals surface area contributed by atoms with Gasteiger partial charge in [-0.05, 0) is 43.5 Å². The molecule has 0 spiro atoms. The predicted octanol–water partition coefficient (Wildman–Crippen LogP) is 3.40. The average Bonchev–Trinajstić information content (AvgIpc) is 2.39. The van der Waals surface area contributed by atoms with Gasteiger partial charge in [0.1, 0.15) is 18.0 Å². The smallest absolute Gasteiger partial charge is 0.141 e. The van der Waals surface area contributed by atoms with Crippen molar-refractivity contribution in [2.45, 2.75) is 33.6 Å². The summed E-state index contributed by atoms with van der Waals surface area (Å²) in [5.41, 5.74) is 10.6. The Hall–Kier alpha value is -2.10. The molecule has 1 heterocycles. The van der Waals surface area contributed by atoms with Crippen LogP contribution in [0.25, 0.3) is 0 Å². The molecule has 0 aliphatic carbocycles. The van der Waals surface area contributed by atoms with E-state index in [1.165, 1.54) is 17.5 Å². The summed E-state index contributed by atoms with van der Waals surface area (Å²) >= 11 is 0. The summed E-state index contributed by atoms with van der Waals surface area (Å²) in [7, 11) is 2.02. The lowest BCUT2D eigenvalue weighted by Gasteiger charge is -2.22. The van der Waals surface area contributed by atoms with Gasteiger partial charge < -0.3 is 10.6 Å². The Bertz CT molecular complexity index is 587. The number of nitrogens with two attached hydrogens (primary N) is 1. The molecule has 4 heteroatoms. The molecule has 0 aliphatic heterocycles. The summed E-state index contributed by atoms with van der Waals surface area (Å²) in [5.74, 6) is 1.47. The van der Waals surface area contributed by atoms with E-state index in [9.17, 15) is 0 Å². The van der Waals surface area contributed by atoms with Gasteiger partial charge in [-0.3, -0.25) is 0 Å². The number of aryl methyl sites for hydroxylation is 2. The number of anilines is 3. The molecule has 0 aliphatic rings. The highest BCUT2D eigenvalue weighted by molar-refractivity contribution is 5.67. The Balaban J connectivity index is 2.47. The van der Waals surface area contributed by atoms with Gasteiger partial charge in [-0.2, -0.15) is 0 Å². The Morgan fingerprint density at radius 1 is 1.10 bits per heavy atom. The minimum atomic E-state index is 0.577. The fourth-order valence-corrected chi connectivity index (χ4v) is 2.46. The van der Waals surface area contributed by atoms with Gasteiger partial charge in [0.05, 0.1) is 0 Å². The van der Waals surface area contributed by atoms with E-state index >= 15 is 0 Å². The number of benzene rings is 1. The van der Waals surface area contributed by atoms with E-state index in [-0.39, 0.29) is 0 Å². The highest BCUT2D eigenvalue weighted by Crippen LogP contribution is 2.29. The van der Waals surface area contributed by atoms with Gasteiger partial charge in [-0.25, -0.2) is 9.97 Å². The van der Waals surface area contributed by atoms with Crippen molar-refractivity contribution in [3.05, 3.63) is 41.2 Å². The van der Waals surface area contributed by atoms with Gasteiger partial charge in [-0.1, -0.05) is 19.4 Å². The summed E-state index contributed by atoms with van der Waals surface area (Å²) in [5, 5.41) is 0. The number of nitrogen functional groups attached to an aromatic ring is 1. The van der Waals surface area contributed by atoms with Gasteiger partial charge in [0.15, 0.2) is 0 Å². The summed E-state index contributed by atoms with van der Waals surface area (Å²) < 4.78 is 0. The van der Waals surface area contributed by atoms with Crippen LogP contribution in [-0.2, 0) is 6.42 Å². The summed E-state index contributed by atoms with van der Waals surface area (Å²) in [4.78, 5) is 10.6. The number of hydrogen-bond acceptors (Lipinski definition) is 4. The van der Waals surface area contributed by atoms with Gasteiger partial charge in [0.2, 0.25) is 0 Å². The van der Waals surface area contributed by atoms with E-state index < -0.39 is 0 Å². The number of rotatable bonds is 4. The maximum Gasteiger partial charge on any atom is 0.141 e. The van der Waals surface area contributed by atoms with E-state index in [1.54, 1.807) is 0 Å². The van der Waals surface area contributed by atoms with Gasteiger partial charge in [0, 0.05) is 18.3 Å². The highest BCUT2D eigenvalue weighted by atomic mass is 15.2. The van der Waals surface area contributed by atoms with Crippen LogP contribution in [0.3, 0.4) is 0 Å². The van der Waals surface area contributed by atoms with Gasteiger partial charge in [-0.15, -0.1) is 0 Å². The zero-order valence-corrected chi connectivity index (χ0v) is 12.6. The molecule has 2 aromatic rings. The zero-order chi connectivity index (χ0) is 14.7. The molecule has 20 heavy (non-hydrogen) atoms. The molecule has 0 unspecified atom stereocenters. The molecular formula is C16H22N4. The fraction of sp³-hybridized carbons (Fsp3) is 0.375. The lowest BCUT2D eigenvalue weighted by atomic mass is 10.1. The normalized spacial score (nSPS) is 10.6. The molecule has 1 aromatic carbocycles. The minimum absolute atomic E-state index is 0.577. The van der Waals surface area contributed by atoms with Crippen molar-refractivity contribution < 1.29 is 0 Å². The molecule has 0 saturated heterocycles. The fourth-order valence-electron chi connectivity index (χ4n) is 2.46. The van der Waals surface area contributed by atoms with Gasteiger partial charge in [0.25, 0.3) is 0 Å². The van der Waals surface area contributed by atoms with E-state index in [0.717, 1.165) is 29.9 Å². The van der Waals surface area contributed by atoms with Gasteiger partial charge >= 0.3 is 0 Å². The predicted molar refractivity (Wildman–Crippen MR) is 84.4 cm³/mol.